The van der Waals surface area contributed by atoms with Gasteiger partial charge in [-0.05, 0) is 31.6 Å². The van der Waals surface area contributed by atoms with Gasteiger partial charge in [0.15, 0.2) is 0 Å². The molecule has 1 aromatic heterocycles. The lowest BCUT2D eigenvalue weighted by Crippen LogP contribution is -2.22. The zero-order valence-electron chi connectivity index (χ0n) is 10.9. The number of hydrogen-bond donors (Lipinski definition) is 2. The molecule has 1 aromatic rings. The summed E-state index contributed by atoms with van der Waals surface area (Å²) in [5.74, 6) is -0.110. The van der Waals surface area contributed by atoms with E-state index in [-0.39, 0.29) is 11.4 Å². The Morgan fingerprint density at radius 1 is 1.30 bits per heavy atom. The van der Waals surface area contributed by atoms with Gasteiger partial charge < -0.3 is 5.32 Å². The number of halogens is 3. The second-order valence-corrected chi connectivity index (χ2v) is 5.90. The minimum atomic E-state index is -4.54. The summed E-state index contributed by atoms with van der Waals surface area (Å²) >= 11 is 0. The monoisotopic (exact) mass is 311 g/mol. The molecule has 0 fully saturated rings. The third-order valence-corrected chi connectivity index (χ3v) is 3.72. The van der Waals surface area contributed by atoms with E-state index in [2.05, 4.69) is 15.0 Å². The minimum Gasteiger partial charge on any atom is -0.317 e. The second-order valence-electron chi connectivity index (χ2n) is 4.06. The standard InChI is InChI=1S/C11H16F3N3O2S/c1-2-15-6-3-7-20(18,19)17-9-4-5-10(16-8-9)11(12,13)14/h4-5,8,15,17H,2-3,6-7H2,1H3. The number of aromatic nitrogens is 1. The summed E-state index contributed by atoms with van der Waals surface area (Å²) in [5, 5.41) is 2.98. The van der Waals surface area contributed by atoms with Crippen molar-refractivity contribution < 1.29 is 21.6 Å². The van der Waals surface area contributed by atoms with Crippen LogP contribution in [-0.4, -0.2) is 32.2 Å². The van der Waals surface area contributed by atoms with Crippen LogP contribution in [0.2, 0.25) is 0 Å². The molecule has 0 spiro atoms. The van der Waals surface area contributed by atoms with Gasteiger partial charge in [-0.2, -0.15) is 13.2 Å². The van der Waals surface area contributed by atoms with Gasteiger partial charge in [-0.3, -0.25) is 4.72 Å². The predicted molar refractivity (Wildman–Crippen MR) is 69.8 cm³/mol. The van der Waals surface area contributed by atoms with Gasteiger partial charge in [0.1, 0.15) is 5.69 Å². The molecule has 0 radical (unpaired) electrons. The molecule has 0 aromatic carbocycles. The van der Waals surface area contributed by atoms with Gasteiger partial charge >= 0.3 is 6.18 Å². The van der Waals surface area contributed by atoms with Crippen LogP contribution < -0.4 is 10.0 Å². The zero-order valence-corrected chi connectivity index (χ0v) is 11.7. The lowest BCUT2D eigenvalue weighted by molar-refractivity contribution is -0.141. The Kier molecular flexibility index (Phi) is 5.75. The fourth-order valence-corrected chi connectivity index (χ4v) is 2.52. The fourth-order valence-electron chi connectivity index (χ4n) is 1.42. The molecule has 0 saturated heterocycles. The van der Waals surface area contributed by atoms with Crippen molar-refractivity contribution in [1.29, 1.82) is 0 Å². The smallest absolute Gasteiger partial charge is 0.317 e. The molecule has 0 aliphatic heterocycles. The molecule has 1 heterocycles. The van der Waals surface area contributed by atoms with Crippen LogP contribution in [0.5, 0.6) is 0 Å². The molecule has 0 unspecified atom stereocenters. The second kappa shape index (κ2) is 6.89. The molecule has 1 rings (SSSR count). The average molecular weight is 311 g/mol. The Balaban J connectivity index is 2.59. The van der Waals surface area contributed by atoms with E-state index in [1.165, 1.54) is 0 Å². The maximum Gasteiger partial charge on any atom is 0.433 e. The van der Waals surface area contributed by atoms with Gasteiger partial charge in [-0.15, -0.1) is 0 Å². The van der Waals surface area contributed by atoms with E-state index in [0.717, 1.165) is 24.9 Å². The van der Waals surface area contributed by atoms with Crippen molar-refractivity contribution in [2.24, 2.45) is 0 Å². The molecule has 0 bridgehead atoms. The summed E-state index contributed by atoms with van der Waals surface area (Å²) < 4.78 is 62.4. The van der Waals surface area contributed by atoms with Crippen molar-refractivity contribution >= 4 is 15.7 Å². The van der Waals surface area contributed by atoms with Crippen molar-refractivity contribution in [1.82, 2.24) is 10.3 Å². The molecule has 0 amide bonds. The molecule has 20 heavy (non-hydrogen) atoms. The predicted octanol–water partition coefficient (Wildman–Crippen LogP) is 1.84. The highest BCUT2D eigenvalue weighted by Crippen LogP contribution is 2.27. The van der Waals surface area contributed by atoms with E-state index in [1.54, 1.807) is 0 Å². The van der Waals surface area contributed by atoms with E-state index in [9.17, 15) is 21.6 Å². The van der Waals surface area contributed by atoms with Gasteiger partial charge in [-0.25, -0.2) is 13.4 Å². The Hall–Kier alpha value is -1.35. The highest BCUT2D eigenvalue weighted by Gasteiger charge is 2.32. The van der Waals surface area contributed by atoms with E-state index < -0.39 is 21.9 Å². The molecule has 5 nitrogen and oxygen atoms in total. The molecule has 0 aliphatic carbocycles. The number of sulfonamides is 1. The minimum absolute atomic E-state index is 0.0152. The Bertz CT molecular complexity index is 515. The number of pyridine rings is 1. The summed E-state index contributed by atoms with van der Waals surface area (Å²) in [6, 6.07) is 1.77. The van der Waals surface area contributed by atoms with E-state index in [4.69, 9.17) is 0 Å². The number of hydrogen-bond acceptors (Lipinski definition) is 4. The first kappa shape index (κ1) is 16.7. The van der Waals surface area contributed by atoms with Gasteiger partial charge in [0.05, 0.1) is 17.6 Å². The first-order chi connectivity index (χ1) is 9.24. The highest BCUT2D eigenvalue weighted by atomic mass is 32.2. The van der Waals surface area contributed by atoms with Crippen molar-refractivity contribution in [2.75, 3.05) is 23.6 Å². The quantitative estimate of drug-likeness (QED) is 0.754. The normalized spacial score (nSPS) is 12.4. The van der Waals surface area contributed by atoms with Crippen LogP contribution in [0.3, 0.4) is 0 Å². The molecule has 0 aliphatic rings. The van der Waals surface area contributed by atoms with E-state index in [1.807, 2.05) is 6.92 Å². The maximum absolute atomic E-state index is 12.3. The zero-order chi connectivity index (χ0) is 15.2. The summed E-state index contributed by atoms with van der Waals surface area (Å²) in [6.07, 6.45) is -3.27. The number of rotatable bonds is 7. The molecule has 2 N–H and O–H groups in total. The number of nitrogens with zero attached hydrogens (tertiary/aromatic N) is 1. The molecule has 0 saturated carbocycles. The van der Waals surface area contributed by atoms with Crippen LogP contribution >= 0.6 is 0 Å². The molecule has 114 valence electrons. The molecule has 0 atom stereocenters. The van der Waals surface area contributed by atoms with Crippen LogP contribution in [0, 0.1) is 0 Å². The van der Waals surface area contributed by atoms with Crippen molar-refractivity contribution in [3.63, 3.8) is 0 Å². The largest absolute Gasteiger partial charge is 0.433 e. The van der Waals surface area contributed by atoms with Crippen molar-refractivity contribution in [3.05, 3.63) is 24.0 Å². The first-order valence-corrected chi connectivity index (χ1v) is 7.64. The average Bonchev–Trinajstić information content (AvgIpc) is 2.34. The van der Waals surface area contributed by atoms with Crippen molar-refractivity contribution in [2.45, 2.75) is 19.5 Å². The van der Waals surface area contributed by atoms with E-state index in [0.29, 0.717) is 13.0 Å². The van der Waals surface area contributed by atoms with Crippen LogP contribution in [-0.2, 0) is 16.2 Å². The van der Waals surface area contributed by atoms with Gasteiger partial charge in [0.25, 0.3) is 0 Å². The summed E-state index contributed by atoms with van der Waals surface area (Å²) in [5.41, 5.74) is -1.05. The van der Waals surface area contributed by atoms with Crippen LogP contribution in [0.1, 0.15) is 19.0 Å². The lowest BCUT2D eigenvalue weighted by atomic mass is 10.3. The number of anilines is 1. The fraction of sp³-hybridized carbons (Fsp3) is 0.545. The lowest BCUT2D eigenvalue weighted by Gasteiger charge is -2.09. The summed E-state index contributed by atoms with van der Waals surface area (Å²) in [7, 11) is -3.57. The third-order valence-electron chi connectivity index (χ3n) is 2.34. The van der Waals surface area contributed by atoms with Crippen LogP contribution in [0.25, 0.3) is 0 Å². The van der Waals surface area contributed by atoms with Gasteiger partial charge in [0, 0.05) is 0 Å². The first-order valence-electron chi connectivity index (χ1n) is 5.99. The summed E-state index contributed by atoms with van der Waals surface area (Å²) in [4.78, 5) is 3.18. The topological polar surface area (TPSA) is 71.1 Å². The number of nitrogens with one attached hydrogen (secondary N) is 2. The Labute approximate surface area is 115 Å². The Morgan fingerprint density at radius 2 is 2.00 bits per heavy atom. The molecular weight excluding hydrogens is 295 g/mol. The highest BCUT2D eigenvalue weighted by molar-refractivity contribution is 7.92. The van der Waals surface area contributed by atoms with Crippen LogP contribution in [0.15, 0.2) is 18.3 Å². The van der Waals surface area contributed by atoms with E-state index >= 15 is 0 Å². The van der Waals surface area contributed by atoms with Crippen LogP contribution in [0.4, 0.5) is 18.9 Å². The Morgan fingerprint density at radius 3 is 2.50 bits per heavy atom. The van der Waals surface area contributed by atoms with Gasteiger partial charge in [-0.1, -0.05) is 6.92 Å². The van der Waals surface area contributed by atoms with Crippen molar-refractivity contribution in [3.8, 4) is 0 Å². The summed E-state index contributed by atoms with van der Waals surface area (Å²) in [6.45, 7) is 3.21. The molecule has 9 heteroatoms. The SMILES string of the molecule is CCNCCCS(=O)(=O)Nc1ccc(C(F)(F)F)nc1. The number of alkyl halides is 3. The maximum atomic E-state index is 12.3. The van der Waals surface area contributed by atoms with Gasteiger partial charge in [0.2, 0.25) is 10.0 Å². The molecular formula is C11H16F3N3O2S. The third kappa shape index (κ3) is 5.74.